The van der Waals surface area contributed by atoms with Crippen molar-refractivity contribution in [3.05, 3.63) is 58.0 Å². The molecule has 1 atom stereocenters. The summed E-state index contributed by atoms with van der Waals surface area (Å²) < 4.78 is 17.6. The van der Waals surface area contributed by atoms with Gasteiger partial charge < -0.3 is 10.1 Å². The van der Waals surface area contributed by atoms with Crippen molar-refractivity contribution < 1.29 is 18.7 Å². The Labute approximate surface area is 125 Å². The van der Waals surface area contributed by atoms with Crippen LogP contribution in [0, 0.1) is 5.82 Å². The maximum Gasteiger partial charge on any atom is 0.307 e. The number of methoxy groups -OCH3 is 1. The summed E-state index contributed by atoms with van der Waals surface area (Å²) in [4.78, 5) is 23.6. The van der Waals surface area contributed by atoms with Crippen LogP contribution < -0.4 is 5.32 Å². The zero-order valence-electron chi connectivity index (χ0n) is 11.3. The van der Waals surface area contributed by atoms with E-state index in [2.05, 4.69) is 10.1 Å². The van der Waals surface area contributed by atoms with Gasteiger partial charge in [-0.3, -0.25) is 9.59 Å². The third kappa shape index (κ3) is 4.13. The van der Waals surface area contributed by atoms with Crippen molar-refractivity contribution >= 4 is 23.2 Å². The van der Waals surface area contributed by atoms with E-state index in [1.54, 1.807) is 16.8 Å². The highest BCUT2D eigenvalue weighted by Gasteiger charge is 2.20. The number of rotatable bonds is 5. The molecular weight excluding hydrogens is 293 g/mol. The van der Waals surface area contributed by atoms with Gasteiger partial charge in [0.2, 0.25) is 0 Å². The fraction of sp³-hybridized carbons (Fsp3) is 0.200. The van der Waals surface area contributed by atoms with E-state index in [-0.39, 0.29) is 18.1 Å². The van der Waals surface area contributed by atoms with Crippen molar-refractivity contribution in [1.29, 1.82) is 0 Å². The van der Waals surface area contributed by atoms with Gasteiger partial charge in [0.25, 0.3) is 5.91 Å². The Morgan fingerprint density at radius 2 is 2.00 bits per heavy atom. The largest absolute Gasteiger partial charge is 0.469 e. The number of thiophene rings is 1. The molecule has 4 nitrogen and oxygen atoms in total. The maximum atomic E-state index is 13.0. The molecule has 0 aliphatic rings. The van der Waals surface area contributed by atoms with Crippen LogP contribution in [0.25, 0.3) is 0 Å². The lowest BCUT2D eigenvalue weighted by atomic mass is 10.0. The molecule has 0 radical (unpaired) electrons. The average Bonchev–Trinajstić information content (AvgIpc) is 3.01. The van der Waals surface area contributed by atoms with Crippen molar-refractivity contribution in [2.45, 2.75) is 12.5 Å². The first-order valence-corrected chi connectivity index (χ1v) is 7.20. The first kappa shape index (κ1) is 15.2. The fourth-order valence-electron chi connectivity index (χ4n) is 1.83. The number of nitrogens with one attached hydrogen (secondary N) is 1. The minimum absolute atomic E-state index is 0.0159. The van der Waals surface area contributed by atoms with Gasteiger partial charge >= 0.3 is 5.97 Å². The van der Waals surface area contributed by atoms with Crippen molar-refractivity contribution in [1.82, 2.24) is 5.32 Å². The minimum Gasteiger partial charge on any atom is -0.469 e. The summed E-state index contributed by atoms with van der Waals surface area (Å²) in [5.74, 6) is -1.11. The van der Waals surface area contributed by atoms with Gasteiger partial charge in [-0.1, -0.05) is 12.1 Å². The molecule has 0 unspecified atom stereocenters. The Hall–Kier alpha value is -2.21. The fourth-order valence-corrected chi connectivity index (χ4v) is 2.47. The van der Waals surface area contributed by atoms with Crippen LogP contribution in [0.3, 0.4) is 0 Å². The van der Waals surface area contributed by atoms with Gasteiger partial charge in [0.05, 0.1) is 25.1 Å². The molecular formula is C15H14FNO3S. The Morgan fingerprint density at radius 3 is 2.57 bits per heavy atom. The Balaban J connectivity index is 2.17. The molecule has 1 heterocycles. The van der Waals surface area contributed by atoms with Crippen LogP contribution in [-0.4, -0.2) is 19.0 Å². The molecule has 0 aliphatic carbocycles. The second-order valence-electron chi connectivity index (χ2n) is 4.37. The van der Waals surface area contributed by atoms with Gasteiger partial charge in [0, 0.05) is 5.38 Å². The Kier molecular flexibility index (Phi) is 5.05. The van der Waals surface area contributed by atoms with E-state index >= 15 is 0 Å². The molecule has 110 valence electrons. The van der Waals surface area contributed by atoms with E-state index in [0.29, 0.717) is 11.1 Å². The molecule has 0 saturated heterocycles. The summed E-state index contributed by atoms with van der Waals surface area (Å²) in [7, 11) is 1.28. The zero-order chi connectivity index (χ0) is 15.2. The number of benzene rings is 1. The predicted molar refractivity (Wildman–Crippen MR) is 77.6 cm³/mol. The number of amides is 1. The summed E-state index contributed by atoms with van der Waals surface area (Å²) in [6, 6.07) is 6.78. The highest BCUT2D eigenvalue weighted by Crippen LogP contribution is 2.19. The summed E-state index contributed by atoms with van der Waals surface area (Å²) in [6.07, 6.45) is -0.0159. The number of ether oxygens (including phenoxy) is 1. The highest BCUT2D eigenvalue weighted by atomic mass is 32.1. The monoisotopic (exact) mass is 307 g/mol. The SMILES string of the molecule is COC(=O)C[C@@H](NC(=O)c1ccsc1)c1ccc(F)cc1. The minimum atomic E-state index is -0.564. The van der Waals surface area contributed by atoms with Gasteiger partial charge in [0.1, 0.15) is 5.82 Å². The summed E-state index contributed by atoms with van der Waals surface area (Å²) in [5, 5.41) is 6.28. The van der Waals surface area contributed by atoms with E-state index in [1.165, 1.54) is 42.7 Å². The van der Waals surface area contributed by atoms with Gasteiger partial charge in [0.15, 0.2) is 0 Å². The van der Waals surface area contributed by atoms with Crippen LogP contribution in [0.1, 0.15) is 28.4 Å². The molecule has 0 spiro atoms. The lowest BCUT2D eigenvalue weighted by Gasteiger charge is -2.18. The average molecular weight is 307 g/mol. The molecule has 0 fully saturated rings. The van der Waals surface area contributed by atoms with Crippen LogP contribution in [0.5, 0.6) is 0 Å². The molecule has 0 bridgehead atoms. The quantitative estimate of drug-likeness (QED) is 0.864. The predicted octanol–water partition coefficient (Wildman–Crippen LogP) is 2.92. The molecule has 6 heteroatoms. The maximum absolute atomic E-state index is 13.0. The molecule has 0 saturated carbocycles. The van der Waals surface area contributed by atoms with Crippen molar-refractivity contribution in [2.24, 2.45) is 0 Å². The first-order valence-electron chi connectivity index (χ1n) is 6.25. The highest BCUT2D eigenvalue weighted by molar-refractivity contribution is 7.08. The third-order valence-electron chi connectivity index (χ3n) is 2.96. The van der Waals surface area contributed by atoms with Gasteiger partial charge in [-0.05, 0) is 29.1 Å². The number of halogens is 1. The van der Waals surface area contributed by atoms with Crippen LogP contribution in [-0.2, 0) is 9.53 Å². The van der Waals surface area contributed by atoms with Gasteiger partial charge in [-0.15, -0.1) is 0 Å². The topological polar surface area (TPSA) is 55.4 Å². The normalized spacial score (nSPS) is 11.7. The molecule has 0 aliphatic heterocycles. The van der Waals surface area contributed by atoms with Crippen LogP contribution in [0.2, 0.25) is 0 Å². The second kappa shape index (κ2) is 6.99. The number of esters is 1. The number of hydrogen-bond acceptors (Lipinski definition) is 4. The van der Waals surface area contributed by atoms with Crippen molar-refractivity contribution in [3.63, 3.8) is 0 Å². The number of carbonyl (C=O) groups excluding carboxylic acids is 2. The van der Waals surface area contributed by atoms with Crippen LogP contribution >= 0.6 is 11.3 Å². The summed E-state index contributed by atoms with van der Waals surface area (Å²) >= 11 is 1.41. The van der Waals surface area contributed by atoms with E-state index in [0.717, 1.165) is 0 Å². The molecule has 1 aromatic carbocycles. The lowest BCUT2D eigenvalue weighted by Crippen LogP contribution is -2.30. The number of carbonyl (C=O) groups is 2. The number of hydrogen-bond donors (Lipinski definition) is 1. The lowest BCUT2D eigenvalue weighted by molar-refractivity contribution is -0.141. The van der Waals surface area contributed by atoms with Gasteiger partial charge in [-0.25, -0.2) is 4.39 Å². The molecule has 21 heavy (non-hydrogen) atoms. The Morgan fingerprint density at radius 1 is 1.29 bits per heavy atom. The Bertz CT molecular complexity index is 610. The van der Waals surface area contributed by atoms with Gasteiger partial charge in [-0.2, -0.15) is 11.3 Å². The molecule has 1 amide bonds. The van der Waals surface area contributed by atoms with Crippen molar-refractivity contribution in [2.75, 3.05) is 7.11 Å². The molecule has 1 N–H and O–H groups in total. The second-order valence-corrected chi connectivity index (χ2v) is 5.15. The standard InChI is InChI=1S/C15H14FNO3S/c1-20-14(18)8-13(10-2-4-12(16)5-3-10)17-15(19)11-6-7-21-9-11/h2-7,9,13H,8H2,1H3,(H,17,19)/t13-/m1/s1. The summed E-state index contributed by atoms with van der Waals surface area (Å²) in [5.41, 5.74) is 1.17. The molecule has 1 aromatic heterocycles. The third-order valence-corrected chi connectivity index (χ3v) is 3.64. The van der Waals surface area contributed by atoms with Crippen molar-refractivity contribution in [3.8, 4) is 0 Å². The summed E-state index contributed by atoms with van der Waals surface area (Å²) in [6.45, 7) is 0. The van der Waals surface area contributed by atoms with Crippen LogP contribution in [0.15, 0.2) is 41.1 Å². The molecule has 2 aromatic rings. The molecule has 2 rings (SSSR count). The smallest absolute Gasteiger partial charge is 0.307 e. The zero-order valence-corrected chi connectivity index (χ0v) is 12.2. The van der Waals surface area contributed by atoms with E-state index < -0.39 is 12.0 Å². The first-order chi connectivity index (χ1) is 10.1. The van der Waals surface area contributed by atoms with E-state index in [1.807, 2.05) is 0 Å². The van der Waals surface area contributed by atoms with Crippen LogP contribution in [0.4, 0.5) is 4.39 Å². The van der Waals surface area contributed by atoms with E-state index in [4.69, 9.17) is 0 Å². The van der Waals surface area contributed by atoms with E-state index in [9.17, 15) is 14.0 Å².